The van der Waals surface area contributed by atoms with E-state index in [0.717, 1.165) is 0 Å². The summed E-state index contributed by atoms with van der Waals surface area (Å²) in [5.41, 5.74) is -1.57. The summed E-state index contributed by atoms with van der Waals surface area (Å²) in [5, 5.41) is 4.65. The van der Waals surface area contributed by atoms with Crippen LogP contribution in [0.15, 0.2) is 0 Å². The molecule has 0 fully saturated rings. The molecule has 0 radical (unpaired) electrons. The van der Waals surface area contributed by atoms with E-state index in [1.165, 1.54) is 0 Å². The van der Waals surface area contributed by atoms with E-state index in [2.05, 4.69) is 10.6 Å². The molecule has 2 N–H and O–H groups in total. The maximum Gasteiger partial charge on any atom is 0.408 e. The lowest BCUT2D eigenvalue weighted by Crippen LogP contribution is -2.48. The van der Waals surface area contributed by atoms with Gasteiger partial charge in [0.2, 0.25) is 5.91 Å². The highest BCUT2D eigenvalue weighted by molar-refractivity contribution is 5.89. The van der Waals surface area contributed by atoms with Gasteiger partial charge < -0.3 is 24.8 Å². The van der Waals surface area contributed by atoms with Gasteiger partial charge in [-0.2, -0.15) is 0 Å². The second-order valence-electron chi connectivity index (χ2n) is 7.52. The maximum absolute atomic E-state index is 12.3. The van der Waals surface area contributed by atoms with Gasteiger partial charge in [-0.1, -0.05) is 0 Å². The normalized spacial score (nSPS) is 12.6. The van der Waals surface area contributed by atoms with Crippen LogP contribution in [0.2, 0.25) is 0 Å². The van der Waals surface area contributed by atoms with E-state index in [0.29, 0.717) is 0 Å². The molecule has 2 amide bonds. The summed E-state index contributed by atoms with van der Waals surface area (Å²) in [7, 11) is 0. The minimum Gasteiger partial charge on any atom is -0.465 e. The Morgan fingerprint density at radius 1 is 0.923 bits per heavy atom. The number of alkyl carbamates (subject to hydrolysis) is 1. The third-order valence-electron chi connectivity index (χ3n) is 2.51. The number of rotatable bonds is 7. The standard InChI is InChI=1S/C17H30N2O7/c1-8-24-13(21)10-18-12(20)9-11(14(22)25-16(2,3)4)19-15(23)26-17(5,6)7/h11H,8-10H2,1-7H3,(H,18,20)(H,19,23)/t11-/m0/s1. The molecule has 0 bridgehead atoms. The second kappa shape index (κ2) is 9.98. The van der Waals surface area contributed by atoms with Crippen LogP contribution in [0.25, 0.3) is 0 Å². The number of hydrogen-bond donors (Lipinski definition) is 2. The van der Waals surface area contributed by atoms with E-state index < -0.39 is 47.6 Å². The van der Waals surface area contributed by atoms with Crippen LogP contribution in [0.3, 0.4) is 0 Å². The topological polar surface area (TPSA) is 120 Å². The van der Waals surface area contributed by atoms with Gasteiger partial charge in [-0.3, -0.25) is 9.59 Å². The van der Waals surface area contributed by atoms with Crippen LogP contribution in [-0.4, -0.2) is 54.3 Å². The first-order valence-corrected chi connectivity index (χ1v) is 8.38. The van der Waals surface area contributed by atoms with Crippen molar-refractivity contribution in [1.29, 1.82) is 0 Å². The highest BCUT2D eigenvalue weighted by Crippen LogP contribution is 2.11. The molecular weight excluding hydrogens is 344 g/mol. The van der Waals surface area contributed by atoms with E-state index in [1.807, 2.05) is 0 Å². The van der Waals surface area contributed by atoms with E-state index >= 15 is 0 Å². The van der Waals surface area contributed by atoms with Crippen LogP contribution < -0.4 is 10.6 Å². The van der Waals surface area contributed by atoms with Gasteiger partial charge >= 0.3 is 18.0 Å². The zero-order valence-electron chi connectivity index (χ0n) is 16.6. The lowest BCUT2D eigenvalue weighted by atomic mass is 10.1. The van der Waals surface area contributed by atoms with Crippen molar-refractivity contribution in [3.63, 3.8) is 0 Å². The summed E-state index contributed by atoms with van der Waals surface area (Å²) < 4.78 is 15.0. The summed E-state index contributed by atoms with van der Waals surface area (Å²) in [6, 6.07) is -1.26. The number of hydrogen-bond acceptors (Lipinski definition) is 7. The van der Waals surface area contributed by atoms with Crippen LogP contribution in [0.5, 0.6) is 0 Å². The molecule has 0 rings (SSSR count). The van der Waals surface area contributed by atoms with Gasteiger partial charge in [0, 0.05) is 0 Å². The fourth-order valence-corrected chi connectivity index (χ4v) is 1.66. The Bertz CT molecular complexity index is 518. The van der Waals surface area contributed by atoms with E-state index in [-0.39, 0.29) is 13.2 Å². The summed E-state index contributed by atoms with van der Waals surface area (Å²) in [6.07, 6.45) is -1.26. The number of ether oxygens (including phenoxy) is 3. The largest absolute Gasteiger partial charge is 0.465 e. The number of esters is 2. The minimum atomic E-state index is -1.26. The van der Waals surface area contributed by atoms with Gasteiger partial charge in [-0.25, -0.2) is 9.59 Å². The Morgan fingerprint density at radius 3 is 1.92 bits per heavy atom. The molecule has 1 atom stereocenters. The van der Waals surface area contributed by atoms with Crippen molar-refractivity contribution in [2.24, 2.45) is 0 Å². The molecule has 9 nitrogen and oxygen atoms in total. The summed E-state index contributed by atoms with van der Waals surface area (Å²) in [5.74, 6) is -2.01. The average Bonchev–Trinajstić information content (AvgIpc) is 2.40. The Hall–Kier alpha value is -2.32. The predicted octanol–water partition coefficient (Wildman–Crippen LogP) is 1.29. The molecule has 0 spiro atoms. The maximum atomic E-state index is 12.3. The SMILES string of the molecule is CCOC(=O)CNC(=O)C[C@H](NC(=O)OC(C)(C)C)C(=O)OC(C)(C)C. The Kier molecular flexibility index (Phi) is 9.09. The van der Waals surface area contributed by atoms with Crippen LogP contribution in [0, 0.1) is 0 Å². The first-order chi connectivity index (χ1) is 11.7. The van der Waals surface area contributed by atoms with Gasteiger partial charge in [0.25, 0.3) is 0 Å². The van der Waals surface area contributed by atoms with Crippen molar-refractivity contribution in [3.05, 3.63) is 0 Å². The number of nitrogens with one attached hydrogen (secondary N) is 2. The Morgan fingerprint density at radius 2 is 1.46 bits per heavy atom. The first kappa shape index (κ1) is 23.7. The molecule has 150 valence electrons. The zero-order valence-corrected chi connectivity index (χ0v) is 16.6. The van der Waals surface area contributed by atoms with Crippen LogP contribution in [0.4, 0.5) is 4.79 Å². The number of amides is 2. The van der Waals surface area contributed by atoms with Gasteiger partial charge in [0.15, 0.2) is 0 Å². The van der Waals surface area contributed by atoms with Crippen molar-refractivity contribution in [2.45, 2.75) is 72.1 Å². The lowest BCUT2D eigenvalue weighted by Gasteiger charge is -2.26. The van der Waals surface area contributed by atoms with E-state index in [1.54, 1.807) is 48.5 Å². The van der Waals surface area contributed by atoms with Crippen molar-refractivity contribution in [3.8, 4) is 0 Å². The Labute approximate surface area is 154 Å². The quantitative estimate of drug-likeness (QED) is 0.509. The smallest absolute Gasteiger partial charge is 0.408 e. The zero-order chi connectivity index (χ0) is 20.5. The van der Waals surface area contributed by atoms with Crippen LogP contribution >= 0.6 is 0 Å². The fraction of sp³-hybridized carbons (Fsp3) is 0.765. The van der Waals surface area contributed by atoms with Crippen molar-refractivity contribution in [2.75, 3.05) is 13.2 Å². The molecule has 0 aliphatic rings. The molecule has 0 unspecified atom stereocenters. The second-order valence-corrected chi connectivity index (χ2v) is 7.52. The van der Waals surface area contributed by atoms with Crippen LogP contribution in [-0.2, 0) is 28.6 Å². The Balaban J connectivity index is 4.92. The average molecular weight is 374 g/mol. The molecule has 0 heterocycles. The molecule has 0 aliphatic carbocycles. The molecule has 0 aromatic carbocycles. The number of carbonyl (C=O) groups excluding carboxylic acids is 4. The molecule has 0 aliphatic heterocycles. The fourth-order valence-electron chi connectivity index (χ4n) is 1.66. The van der Waals surface area contributed by atoms with Crippen molar-refractivity contribution < 1.29 is 33.4 Å². The number of carbonyl (C=O) groups is 4. The van der Waals surface area contributed by atoms with Gasteiger partial charge in [0.05, 0.1) is 13.0 Å². The third-order valence-corrected chi connectivity index (χ3v) is 2.51. The lowest BCUT2D eigenvalue weighted by molar-refractivity contribution is -0.158. The van der Waals surface area contributed by atoms with Gasteiger partial charge in [-0.15, -0.1) is 0 Å². The molecule has 26 heavy (non-hydrogen) atoms. The van der Waals surface area contributed by atoms with Crippen molar-refractivity contribution >= 4 is 23.9 Å². The molecule has 0 saturated heterocycles. The highest BCUT2D eigenvalue weighted by Gasteiger charge is 2.30. The third kappa shape index (κ3) is 12.1. The predicted molar refractivity (Wildman–Crippen MR) is 93.3 cm³/mol. The minimum absolute atomic E-state index is 0.190. The van der Waals surface area contributed by atoms with Crippen molar-refractivity contribution in [1.82, 2.24) is 10.6 Å². The van der Waals surface area contributed by atoms with Gasteiger partial charge in [0.1, 0.15) is 23.8 Å². The molecule has 0 aromatic rings. The summed E-state index contributed by atoms with van der Waals surface area (Å²) >= 11 is 0. The monoisotopic (exact) mass is 374 g/mol. The van der Waals surface area contributed by atoms with E-state index in [9.17, 15) is 19.2 Å². The van der Waals surface area contributed by atoms with E-state index in [4.69, 9.17) is 14.2 Å². The van der Waals surface area contributed by atoms with Gasteiger partial charge in [-0.05, 0) is 48.5 Å². The summed E-state index contributed by atoms with van der Waals surface area (Å²) in [6.45, 7) is 11.5. The molecular formula is C17H30N2O7. The first-order valence-electron chi connectivity index (χ1n) is 8.38. The van der Waals surface area contributed by atoms with Crippen LogP contribution in [0.1, 0.15) is 54.9 Å². The molecule has 0 saturated carbocycles. The highest BCUT2D eigenvalue weighted by atomic mass is 16.6. The molecule has 9 heteroatoms. The molecule has 0 aromatic heterocycles. The summed E-state index contributed by atoms with van der Waals surface area (Å²) in [4.78, 5) is 47.4.